The third-order valence-electron chi connectivity index (χ3n) is 9.48. The van der Waals surface area contributed by atoms with E-state index in [1.54, 1.807) is 0 Å². The fraction of sp³-hybridized carbons (Fsp3) is 0.0238. The summed E-state index contributed by atoms with van der Waals surface area (Å²) in [5, 5.41) is 2.32. The van der Waals surface area contributed by atoms with Gasteiger partial charge in [-0.25, -0.2) is 0 Å². The quantitative estimate of drug-likeness (QED) is 0.195. The predicted molar refractivity (Wildman–Crippen MR) is 187 cm³/mol. The van der Waals surface area contributed by atoms with Gasteiger partial charge in [0, 0.05) is 40.6 Å². The summed E-state index contributed by atoms with van der Waals surface area (Å²) in [6.07, 6.45) is 6.77. The van der Waals surface area contributed by atoms with Crippen LogP contribution in [0.1, 0.15) is 5.56 Å². The molecule has 1 atom stereocenters. The molecule has 3 heteroatoms. The van der Waals surface area contributed by atoms with Crippen molar-refractivity contribution in [2.75, 3.05) is 4.90 Å². The molecule has 0 bridgehead atoms. The van der Waals surface area contributed by atoms with Gasteiger partial charge in [-0.3, -0.25) is 0 Å². The molecule has 45 heavy (non-hydrogen) atoms. The summed E-state index contributed by atoms with van der Waals surface area (Å²) >= 11 is 0. The number of fused-ring (bicyclic) bond motifs is 9. The maximum Gasteiger partial charge on any atom is 0.235 e. The van der Waals surface area contributed by atoms with Gasteiger partial charge in [-0.05, 0) is 58.2 Å². The second-order valence-corrected chi connectivity index (χ2v) is 11.9. The number of nitrogens with zero attached hydrogens (tertiary/aromatic N) is 2. The van der Waals surface area contributed by atoms with E-state index in [9.17, 15) is 0 Å². The summed E-state index contributed by atoms with van der Waals surface area (Å²) in [7, 11) is 0. The Hall–Kier alpha value is -5.93. The molecule has 0 fully saturated rings. The highest BCUT2D eigenvalue weighted by Gasteiger charge is 2.49. The Morgan fingerprint density at radius 1 is 0.578 bits per heavy atom. The Morgan fingerprint density at radius 3 is 2.04 bits per heavy atom. The van der Waals surface area contributed by atoms with E-state index in [4.69, 9.17) is 4.42 Å². The zero-order valence-corrected chi connectivity index (χ0v) is 24.4. The Labute approximate surface area is 260 Å². The molecule has 10 rings (SSSR count). The Bertz CT molecular complexity index is 2370. The Balaban J connectivity index is 1.25. The van der Waals surface area contributed by atoms with Crippen LogP contribution in [0.25, 0.3) is 49.8 Å². The molecule has 0 spiro atoms. The molecule has 1 aliphatic carbocycles. The van der Waals surface area contributed by atoms with Gasteiger partial charge >= 0.3 is 0 Å². The third kappa shape index (κ3) is 3.49. The normalized spacial score (nSPS) is 16.1. The molecule has 0 N–H and O–H groups in total. The molecule has 0 saturated heterocycles. The van der Waals surface area contributed by atoms with Crippen molar-refractivity contribution in [3.05, 3.63) is 163 Å². The zero-order valence-electron chi connectivity index (χ0n) is 24.4. The van der Waals surface area contributed by atoms with Crippen LogP contribution in [0.2, 0.25) is 0 Å². The SMILES string of the molecule is C1=CC2=[N+](c3cc(-c4ccccc4)cc(-c4ccccc4)c3)c3ccccc3N3c4ccc5c(oc6ccccc65)c4C(=C1)C23. The predicted octanol–water partition coefficient (Wildman–Crippen LogP) is 10.7. The van der Waals surface area contributed by atoms with Crippen LogP contribution < -0.4 is 9.48 Å². The van der Waals surface area contributed by atoms with Gasteiger partial charge in [0.1, 0.15) is 22.9 Å². The summed E-state index contributed by atoms with van der Waals surface area (Å²) < 4.78 is 9.08. The summed E-state index contributed by atoms with van der Waals surface area (Å²) in [4.78, 5) is 2.51. The van der Waals surface area contributed by atoms with Crippen molar-refractivity contribution >= 4 is 56.0 Å². The first-order valence-corrected chi connectivity index (χ1v) is 15.5. The first kappa shape index (κ1) is 24.5. The van der Waals surface area contributed by atoms with Crippen LogP contribution in [0.3, 0.4) is 0 Å². The van der Waals surface area contributed by atoms with E-state index in [0.29, 0.717) is 0 Å². The van der Waals surface area contributed by atoms with Gasteiger partial charge in [0.05, 0.1) is 5.69 Å². The Kier molecular flexibility index (Phi) is 5.06. The number of para-hydroxylation sites is 3. The topological polar surface area (TPSA) is 19.4 Å². The second kappa shape index (κ2) is 9.28. The average Bonchev–Trinajstić information content (AvgIpc) is 3.66. The number of rotatable bonds is 3. The summed E-state index contributed by atoms with van der Waals surface area (Å²) in [5.74, 6) is 0. The van der Waals surface area contributed by atoms with Gasteiger partial charge in [0.2, 0.25) is 17.1 Å². The van der Waals surface area contributed by atoms with Crippen LogP contribution >= 0.6 is 0 Å². The highest BCUT2D eigenvalue weighted by Crippen LogP contribution is 2.55. The maximum atomic E-state index is 6.61. The van der Waals surface area contributed by atoms with E-state index in [0.717, 1.165) is 33.3 Å². The van der Waals surface area contributed by atoms with Gasteiger partial charge in [-0.15, -0.1) is 0 Å². The average molecular weight is 576 g/mol. The van der Waals surface area contributed by atoms with E-state index in [2.05, 4.69) is 161 Å². The van der Waals surface area contributed by atoms with Gasteiger partial charge in [0.15, 0.2) is 0 Å². The first-order valence-electron chi connectivity index (χ1n) is 15.5. The molecule has 0 saturated carbocycles. The van der Waals surface area contributed by atoms with Gasteiger partial charge in [-0.2, -0.15) is 4.58 Å². The lowest BCUT2D eigenvalue weighted by Crippen LogP contribution is -2.43. The van der Waals surface area contributed by atoms with Crippen molar-refractivity contribution in [1.82, 2.24) is 4.58 Å². The van der Waals surface area contributed by atoms with E-state index >= 15 is 0 Å². The number of hydrogen-bond acceptors (Lipinski definition) is 2. The number of anilines is 2. The third-order valence-corrected chi connectivity index (χ3v) is 9.48. The molecule has 1 aromatic heterocycles. The van der Waals surface area contributed by atoms with Gasteiger partial charge in [-0.1, -0.05) is 103 Å². The van der Waals surface area contributed by atoms with Crippen LogP contribution in [0.15, 0.2) is 162 Å². The minimum absolute atomic E-state index is 0.0271. The van der Waals surface area contributed by atoms with Crippen molar-refractivity contribution in [2.45, 2.75) is 6.04 Å². The van der Waals surface area contributed by atoms with Crippen molar-refractivity contribution in [3.63, 3.8) is 0 Å². The molecule has 7 aromatic rings. The highest BCUT2D eigenvalue weighted by atomic mass is 16.3. The minimum Gasteiger partial charge on any atom is -0.455 e. The number of furan rings is 1. The van der Waals surface area contributed by atoms with Crippen molar-refractivity contribution in [3.8, 4) is 22.3 Å². The van der Waals surface area contributed by atoms with Crippen molar-refractivity contribution < 1.29 is 4.42 Å². The number of allylic oxidation sites excluding steroid dienone is 2. The standard InChI is InChI=1S/C42H27N2O/c1-3-12-27(13-4-1)29-24-30(28-14-5-2-6-15-28)26-31(25-29)43-35-18-8-9-19-36(35)44-37-23-22-33-32-16-7-10-21-39(32)45-42(33)40(37)34-17-11-20-38(43)41(34)44/h1-26,41H/q+1. The highest BCUT2D eigenvalue weighted by molar-refractivity contribution is 6.24. The molecule has 3 aliphatic rings. The molecule has 1 unspecified atom stereocenters. The van der Waals surface area contributed by atoms with Crippen molar-refractivity contribution in [2.24, 2.45) is 0 Å². The zero-order chi connectivity index (χ0) is 29.5. The van der Waals surface area contributed by atoms with Crippen LogP contribution in [-0.2, 0) is 0 Å². The van der Waals surface area contributed by atoms with E-state index in [1.807, 2.05) is 6.07 Å². The molecule has 210 valence electrons. The van der Waals surface area contributed by atoms with Crippen LogP contribution in [0.5, 0.6) is 0 Å². The molecule has 3 heterocycles. The summed E-state index contributed by atoms with van der Waals surface area (Å²) in [6, 6.07) is 50.1. The molecule has 0 radical (unpaired) electrons. The fourth-order valence-electron chi connectivity index (χ4n) is 7.57. The molecule has 0 amide bonds. The molecular formula is C42H27N2O+. The number of hydrogen-bond donors (Lipinski definition) is 0. The van der Waals surface area contributed by atoms with E-state index < -0.39 is 0 Å². The summed E-state index contributed by atoms with van der Waals surface area (Å²) in [6.45, 7) is 0. The largest absolute Gasteiger partial charge is 0.455 e. The van der Waals surface area contributed by atoms with Crippen LogP contribution in [-0.4, -0.2) is 11.8 Å². The number of benzene rings is 6. The maximum absolute atomic E-state index is 6.61. The molecule has 2 aliphatic heterocycles. The molecular weight excluding hydrogens is 548 g/mol. The lowest BCUT2D eigenvalue weighted by atomic mass is 9.91. The lowest BCUT2D eigenvalue weighted by Gasteiger charge is -2.32. The van der Waals surface area contributed by atoms with Crippen LogP contribution in [0, 0.1) is 0 Å². The fourth-order valence-corrected chi connectivity index (χ4v) is 7.57. The minimum atomic E-state index is 0.0271. The van der Waals surface area contributed by atoms with E-state index in [-0.39, 0.29) is 6.04 Å². The summed E-state index contributed by atoms with van der Waals surface area (Å²) in [5.41, 5.74) is 15.1. The van der Waals surface area contributed by atoms with Crippen molar-refractivity contribution in [1.29, 1.82) is 0 Å². The van der Waals surface area contributed by atoms with Gasteiger partial charge in [0.25, 0.3) is 0 Å². The first-order chi connectivity index (χ1) is 22.3. The molecule has 6 aromatic carbocycles. The lowest BCUT2D eigenvalue weighted by molar-refractivity contribution is 0.668. The Morgan fingerprint density at radius 2 is 1.27 bits per heavy atom. The second-order valence-electron chi connectivity index (χ2n) is 11.9. The van der Waals surface area contributed by atoms with E-state index in [1.165, 1.54) is 50.5 Å². The van der Waals surface area contributed by atoms with Crippen LogP contribution in [0.4, 0.5) is 22.7 Å². The monoisotopic (exact) mass is 575 g/mol. The van der Waals surface area contributed by atoms with Gasteiger partial charge < -0.3 is 9.32 Å². The molecule has 3 nitrogen and oxygen atoms in total. The smallest absolute Gasteiger partial charge is 0.235 e.